The van der Waals surface area contributed by atoms with Gasteiger partial charge in [-0.2, -0.15) is 0 Å². The molecule has 0 saturated heterocycles. The van der Waals surface area contributed by atoms with E-state index in [9.17, 15) is 5.21 Å². The molecule has 0 bridgehead atoms. The summed E-state index contributed by atoms with van der Waals surface area (Å²) in [4.78, 5) is 0. The van der Waals surface area contributed by atoms with Crippen LogP contribution in [0.25, 0.3) is 10.8 Å². The number of nitrogens with zero attached hydrogens (tertiary/aromatic N) is 1. The van der Waals surface area contributed by atoms with Gasteiger partial charge in [-0.25, -0.2) is 4.74 Å². The lowest BCUT2D eigenvalue weighted by molar-refractivity contribution is -0.498. The van der Waals surface area contributed by atoms with Crippen molar-refractivity contribution >= 4 is 17.0 Å². The first kappa shape index (κ1) is 16.8. The van der Waals surface area contributed by atoms with E-state index in [4.69, 9.17) is 4.74 Å². The molecule has 1 atom stereocenters. The SMILES string of the molecule is C=CCOc1ccc2ccccc2c1/C=[N+](\[O-])[C@@H](C)c1ccccc1. The second-order valence-corrected chi connectivity index (χ2v) is 5.87. The maximum Gasteiger partial charge on any atom is 0.186 e. The molecule has 0 aliphatic heterocycles. The van der Waals surface area contributed by atoms with Crippen LogP contribution in [0, 0.1) is 5.21 Å². The number of ether oxygens (including phenoxy) is 1. The molecule has 0 spiro atoms. The molecule has 3 aromatic rings. The molecule has 0 fully saturated rings. The van der Waals surface area contributed by atoms with E-state index in [-0.39, 0.29) is 6.04 Å². The summed E-state index contributed by atoms with van der Waals surface area (Å²) in [6.07, 6.45) is 3.32. The van der Waals surface area contributed by atoms with Crippen LogP contribution in [0.4, 0.5) is 0 Å². The minimum Gasteiger partial charge on any atom is -0.623 e. The van der Waals surface area contributed by atoms with Gasteiger partial charge in [-0.15, -0.1) is 0 Å². The van der Waals surface area contributed by atoms with E-state index in [1.807, 2.05) is 73.7 Å². The van der Waals surface area contributed by atoms with E-state index < -0.39 is 0 Å². The Hall–Kier alpha value is -3.07. The van der Waals surface area contributed by atoms with Crippen molar-refractivity contribution in [1.29, 1.82) is 0 Å². The zero-order chi connectivity index (χ0) is 17.6. The van der Waals surface area contributed by atoms with Crippen LogP contribution >= 0.6 is 0 Å². The molecular formula is C22H21NO2. The van der Waals surface area contributed by atoms with Crippen molar-refractivity contribution in [3.63, 3.8) is 0 Å². The lowest BCUT2D eigenvalue weighted by Gasteiger charge is -2.15. The highest BCUT2D eigenvalue weighted by Crippen LogP contribution is 2.27. The smallest absolute Gasteiger partial charge is 0.186 e. The van der Waals surface area contributed by atoms with E-state index in [0.29, 0.717) is 12.4 Å². The molecule has 3 aromatic carbocycles. The summed E-state index contributed by atoms with van der Waals surface area (Å²) in [5, 5.41) is 14.8. The third-order valence-corrected chi connectivity index (χ3v) is 4.21. The predicted molar refractivity (Wildman–Crippen MR) is 103 cm³/mol. The summed E-state index contributed by atoms with van der Waals surface area (Å²) in [5.41, 5.74) is 1.76. The Morgan fingerprint density at radius 1 is 1.04 bits per heavy atom. The number of benzene rings is 3. The van der Waals surface area contributed by atoms with Crippen LogP contribution in [0.2, 0.25) is 0 Å². The monoisotopic (exact) mass is 331 g/mol. The number of hydrogen-bond acceptors (Lipinski definition) is 2. The second kappa shape index (κ2) is 7.67. The molecule has 126 valence electrons. The van der Waals surface area contributed by atoms with Crippen molar-refractivity contribution in [2.24, 2.45) is 0 Å². The molecule has 0 aromatic heterocycles. The summed E-state index contributed by atoms with van der Waals surface area (Å²) in [7, 11) is 0. The topological polar surface area (TPSA) is 35.3 Å². The molecule has 0 aliphatic rings. The Kier molecular flexibility index (Phi) is 5.14. The molecule has 0 amide bonds. The Morgan fingerprint density at radius 2 is 1.76 bits per heavy atom. The van der Waals surface area contributed by atoms with Crippen molar-refractivity contribution in [2.75, 3.05) is 6.61 Å². The predicted octanol–water partition coefficient (Wildman–Crippen LogP) is 5.10. The van der Waals surface area contributed by atoms with Crippen molar-refractivity contribution in [2.45, 2.75) is 13.0 Å². The van der Waals surface area contributed by atoms with E-state index in [0.717, 1.165) is 26.6 Å². The zero-order valence-corrected chi connectivity index (χ0v) is 14.3. The fourth-order valence-electron chi connectivity index (χ4n) is 2.80. The van der Waals surface area contributed by atoms with Crippen molar-refractivity contribution in [1.82, 2.24) is 0 Å². The van der Waals surface area contributed by atoms with Crippen molar-refractivity contribution in [3.05, 3.63) is 95.7 Å². The van der Waals surface area contributed by atoms with Crippen LogP contribution < -0.4 is 4.74 Å². The van der Waals surface area contributed by atoms with Crippen LogP contribution in [0.5, 0.6) is 5.75 Å². The first-order chi connectivity index (χ1) is 12.2. The summed E-state index contributed by atoms with van der Waals surface area (Å²) < 4.78 is 6.75. The molecule has 0 saturated carbocycles. The Morgan fingerprint density at radius 3 is 2.52 bits per heavy atom. The van der Waals surface area contributed by atoms with Gasteiger partial charge in [-0.3, -0.25) is 0 Å². The Balaban J connectivity index is 2.07. The van der Waals surface area contributed by atoms with Crippen LogP contribution in [0.1, 0.15) is 24.1 Å². The van der Waals surface area contributed by atoms with E-state index in [1.165, 1.54) is 0 Å². The van der Waals surface area contributed by atoms with E-state index in [1.54, 1.807) is 12.3 Å². The second-order valence-electron chi connectivity index (χ2n) is 5.87. The van der Waals surface area contributed by atoms with Gasteiger partial charge in [0, 0.05) is 12.5 Å². The minimum atomic E-state index is -0.285. The summed E-state index contributed by atoms with van der Waals surface area (Å²) >= 11 is 0. The normalized spacial score (nSPS) is 12.8. The minimum absolute atomic E-state index is 0.285. The fourth-order valence-corrected chi connectivity index (χ4v) is 2.80. The van der Waals surface area contributed by atoms with Crippen molar-refractivity contribution in [3.8, 4) is 5.75 Å². The molecule has 0 heterocycles. The van der Waals surface area contributed by atoms with Crippen LogP contribution in [0.15, 0.2) is 79.4 Å². The highest BCUT2D eigenvalue weighted by molar-refractivity contribution is 6.01. The number of hydroxylamine groups is 1. The summed E-state index contributed by atoms with van der Waals surface area (Å²) in [6.45, 7) is 5.98. The maximum atomic E-state index is 12.8. The maximum absolute atomic E-state index is 12.8. The number of rotatable bonds is 6. The largest absolute Gasteiger partial charge is 0.623 e. The van der Waals surface area contributed by atoms with Gasteiger partial charge in [-0.1, -0.05) is 73.3 Å². The summed E-state index contributed by atoms with van der Waals surface area (Å²) in [5.74, 6) is 0.680. The quantitative estimate of drug-likeness (QED) is 0.207. The van der Waals surface area contributed by atoms with Gasteiger partial charge < -0.3 is 9.94 Å². The molecule has 3 nitrogen and oxygen atoms in total. The lowest BCUT2D eigenvalue weighted by Crippen LogP contribution is -2.12. The Bertz CT molecular complexity index is 900. The van der Waals surface area contributed by atoms with Gasteiger partial charge in [0.05, 0.1) is 5.56 Å². The number of fused-ring (bicyclic) bond motifs is 1. The lowest BCUT2D eigenvalue weighted by atomic mass is 10.0. The van der Waals surface area contributed by atoms with Crippen molar-refractivity contribution < 1.29 is 9.48 Å². The van der Waals surface area contributed by atoms with Gasteiger partial charge in [0.15, 0.2) is 12.3 Å². The van der Waals surface area contributed by atoms with E-state index in [2.05, 4.69) is 6.58 Å². The third kappa shape index (κ3) is 3.72. The molecule has 0 radical (unpaired) electrons. The molecule has 25 heavy (non-hydrogen) atoms. The first-order valence-electron chi connectivity index (χ1n) is 8.31. The van der Waals surface area contributed by atoms with Gasteiger partial charge >= 0.3 is 0 Å². The van der Waals surface area contributed by atoms with Gasteiger partial charge in [-0.05, 0) is 16.8 Å². The molecule has 0 N–H and O–H groups in total. The molecular weight excluding hydrogens is 310 g/mol. The van der Waals surface area contributed by atoms with Gasteiger partial charge in [0.2, 0.25) is 0 Å². The number of hydrogen-bond donors (Lipinski definition) is 0. The highest BCUT2D eigenvalue weighted by atomic mass is 16.5. The van der Waals surface area contributed by atoms with Crippen LogP contribution in [-0.2, 0) is 0 Å². The average molecular weight is 331 g/mol. The Labute approximate surface area is 148 Å². The van der Waals surface area contributed by atoms with Gasteiger partial charge in [0.25, 0.3) is 0 Å². The third-order valence-electron chi connectivity index (χ3n) is 4.21. The highest BCUT2D eigenvalue weighted by Gasteiger charge is 2.15. The van der Waals surface area contributed by atoms with E-state index >= 15 is 0 Å². The van der Waals surface area contributed by atoms with Crippen LogP contribution in [0.3, 0.4) is 0 Å². The summed E-state index contributed by atoms with van der Waals surface area (Å²) in [6, 6.07) is 21.3. The zero-order valence-electron chi connectivity index (χ0n) is 14.3. The van der Waals surface area contributed by atoms with Gasteiger partial charge in [0.1, 0.15) is 12.4 Å². The average Bonchev–Trinajstić information content (AvgIpc) is 2.67. The molecule has 0 unspecified atom stereocenters. The molecule has 3 rings (SSSR count). The van der Waals surface area contributed by atoms with Crippen LogP contribution in [-0.4, -0.2) is 17.6 Å². The molecule has 3 heteroatoms. The molecule has 0 aliphatic carbocycles. The fraction of sp³-hybridized carbons (Fsp3) is 0.136. The standard InChI is InChI=1S/C22H21NO2/c1-3-15-25-22-14-13-19-11-7-8-12-20(19)21(22)16-23(24)17(2)18-9-5-4-6-10-18/h3-14,16-17H,1,15H2,2H3/b23-16-/t17-/m0/s1. The first-order valence-corrected chi connectivity index (χ1v) is 8.31.